The maximum absolute atomic E-state index is 13.6. The van der Waals surface area contributed by atoms with Crippen LogP contribution in [0, 0.1) is 17.6 Å². The molecule has 2 aromatic carbocycles. The molecular weight excluding hydrogens is 320 g/mol. The van der Waals surface area contributed by atoms with Gasteiger partial charge in [-0.1, -0.05) is 30.3 Å². The van der Waals surface area contributed by atoms with Gasteiger partial charge in [-0.25, -0.2) is 8.78 Å². The highest BCUT2D eigenvalue weighted by atomic mass is 19.1. The number of guanidine groups is 1. The Morgan fingerprint density at radius 3 is 2.68 bits per heavy atom. The summed E-state index contributed by atoms with van der Waals surface area (Å²) in [5.41, 5.74) is 1.76. The first kappa shape index (κ1) is 17.4. The van der Waals surface area contributed by atoms with Crippen LogP contribution in [0.25, 0.3) is 0 Å². The Hall–Kier alpha value is -2.43. The Kier molecular flexibility index (Phi) is 5.64. The van der Waals surface area contributed by atoms with Gasteiger partial charge in [-0.05, 0) is 54.0 Å². The molecule has 3 nitrogen and oxygen atoms in total. The van der Waals surface area contributed by atoms with Gasteiger partial charge in [-0.15, -0.1) is 0 Å². The Balaban J connectivity index is 1.41. The van der Waals surface area contributed by atoms with Gasteiger partial charge >= 0.3 is 0 Å². The highest BCUT2D eigenvalue weighted by Gasteiger charge is 2.37. The van der Waals surface area contributed by atoms with Crippen molar-refractivity contribution >= 4 is 5.96 Å². The normalized spacial score (nSPS) is 19.6. The number of hydrogen-bond donors (Lipinski definition) is 2. The van der Waals surface area contributed by atoms with Crippen molar-refractivity contribution in [3.8, 4) is 0 Å². The number of hydrogen-bond acceptors (Lipinski definition) is 1. The van der Waals surface area contributed by atoms with E-state index in [9.17, 15) is 8.78 Å². The van der Waals surface area contributed by atoms with Gasteiger partial charge in [0.15, 0.2) is 5.96 Å². The lowest BCUT2D eigenvalue weighted by Gasteiger charge is -2.12. The molecule has 0 spiro atoms. The summed E-state index contributed by atoms with van der Waals surface area (Å²) >= 11 is 0. The summed E-state index contributed by atoms with van der Waals surface area (Å²) < 4.78 is 26.8. The fourth-order valence-electron chi connectivity index (χ4n) is 3.08. The highest BCUT2D eigenvalue weighted by molar-refractivity contribution is 5.79. The van der Waals surface area contributed by atoms with Crippen LogP contribution in [-0.2, 0) is 6.42 Å². The number of aliphatic imine (C=N–C) groups is 1. The van der Waals surface area contributed by atoms with Crippen molar-refractivity contribution in [3.63, 3.8) is 0 Å². The predicted molar refractivity (Wildman–Crippen MR) is 96.7 cm³/mol. The van der Waals surface area contributed by atoms with Crippen LogP contribution in [0.1, 0.15) is 23.5 Å². The molecule has 2 unspecified atom stereocenters. The van der Waals surface area contributed by atoms with Crippen LogP contribution in [0.2, 0.25) is 0 Å². The third-order valence-electron chi connectivity index (χ3n) is 4.60. The quantitative estimate of drug-likeness (QED) is 0.622. The van der Waals surface area contributed by atoms with Gasteiger partial charge < -0.3 is 10.6 Å². The van der Waals surface area contributed by atoms with Crippen molar-refractivity contribution in [1.82, 2.24) is 10.6 Å². The van der Waals surface area contributed by atoms with Gasteiger partial charge in [0.1, 0.15) is 11.6 Å². The van der Waals surface area contributed by atoms with Crippen LogP contribution in [0.15, 0.2) is 53.5 Å². The van der Waals surface area contributed by atoms with Crippen molar-refractivity contribution < 1.29 is 8.78 Å². The second kappa shape index (κ2) is 8.10. The van der Waals surface area contributed by atoms with Gasteiger partial charge in [0.25, 0.3) is 0 Å². The zero-order valence-electron chi connectivity index (χ0n) is 14.3. The molecule has 1 fully saturated rings. The van der Waals surface area contributed by atoms with E-state index < -0.39 is 5.82 Å². The van der Waals surface area contributed by atoms with Crippen LogP contribution < -0.4 is 10.6 Å². The molecule has 0 bridgehead atoms. The predicted octanol–water partition coefficient (Wildman–Crippen LogP) is 3.48. The third-order valence-corrected chi connectivity index (χ3v) is 4.60. The lowest BCUT2D eigenvalue weighted by Crippen LogP contribution is -2.39. The molecule has 0 aromatic heterocycles. The SMILES string of the molecule is CN=C(NCCc1cc(F)ccc1F)NCC1CC1c1ccccc1. The summed E-state index contributed by atoms with van der Waals surface area (Å²) in [4.78, 5) is 4.18. The van der Waals surface area contributed by atoms with Crippen molar-refractivity contribution in [1.29, 1.82) is 0 Å². The topological polar surface area (TPSA) is 36.4 Å². The first-order chi connectivity index (χ1) is 12.2. The number of benzene rings is 2. The number of halogens is 2. The van der Waals surface area contributed by atoms with Crippen molar-refractivity contribution in [2.45, 2.75) is 18.8 Å². The Labute approximate surface area is 147 Å². The minimum absolute atomic E-state index is 0.370. The van der Waals surface area contributed by atoms with Crippen LogP contribution in [0.4, 0.5) is 8.78 Å². The fourth-order valence-corrected chi connectivity index (χ4v) is 3.08. The lowest BCUT2D eigenvalue weighted by molar-refractivity contribution is 0.583. The zero-order valence-corrected chi connectivity index (χ0v) is 14.3. The molecule has 2 N–H and O–H groups in total. The van der Waals surface area contributed by atoms with Crippen LogP contribution in [-0.4, -0.2) is 26.1 Å². The molecule has 2 aromatic rings. The van der Waals surface area contributed by atoms with E-state index in [2.05, 4.69) is 39.9 Å². The van der Waals surface area contributed by atoms with Crippen molar-refractivity contribution in [3.05, 3.63) is 71.3 Å². The number of nitrogens with one attached hydrogen (secondary N) is 2. The molecule has 1 aliphatic carbocycles. The Morgan fingerprint density at radius 1 is 1.12 bits per heavy atom. The van der Waals surface area contributed by atoms with E-state index in [4.69, 9.17) is 0 Å². The van der Waals surface area contributed by atoms with Gasteiger partial charge in [0.05, 0.1) is 0 Å². The third kappa shape index (κ3) is 4.78. The fraction of sp³-hybridized carbons (Fsp3) is 0.350. The molecule has 2 atom stereocenters. The molecule has 1 saturated carbocycles. The van der Waals surface area contributed by atoms with E-state index >= 15 is 0 Å². The standard InChI is InChI=1S/C20H23F2N3/c1-23-20(24-10-9-15-11-17(21)7-8-19(15)22)25-13-16-12-18(16)14-5-3-2-4-6-14/h2-8,11,16,18H,9-10,12-13H2,1H3,(H2,23,24,25). The smallest absolute Gasteiger partial charge is 0.190 e. The minimum atomic E-state index is -0.417. The summed E-state index contributed by atoms with van der Waals surface area (Å²) in [7, 11) is 1.71. The number of rotatable bonds is 6. The van der Waals surface area contributed by atoms with E-state index in [0.29, 0.717) is 36.3 Å². The lowest BCUT2D eigenvalue weighted by atomic mass is 10.1. The van der Waals surface area contributed by atoms with E-state index in [-0.39, 0.29) is 5.82 Å². The molecule has 5 heteroatoms. The molecule has 0 amide bonds. The van der Waals surface area contributed by atoms with Crippen LogP contribution in [0.5, 0.6) is 0 Å². The zero-order chi connectivity index (χ0) is 17.6. The van der Waals surface area contributed by atoms with Crippen LogP contribution in [0.3, 0.4) is 0 Å². The van der Waals surface area contributed by atoms with Gasteiger partial charge in [0.2, 0.25) is 0 Å². The minimum Gasteiger partial charge on any atom is -0.356 e. The molecule has 0 heterocycles. The van der Waals surface area contributed by atoms with E-state index in [1.54, 1.807) is 7.05 Å². The summed E-state index contributed by atoms with van der Waals surface area (Å²) in [6.07, 6.45) is 1.59. The second-order valence-electron chi connectivity index (χ2n) is 6.38. The highest BCUT2D eigenvalue weighted by Crippen LogP contribution is 2.46. The molecule has 132 valence electrons. The molecule has 0 aliphatic heterocycles. The Morgan fingerprint density at radius 2 is 1.92 bits per heavy atom. The molecule has 25 heavy (non-hydrogen) atoms. The summed E-state index contributed by atoms with van der Waals surface area (Å²) in [6.45, 7) is 1.35. The summed E-state index contributed by atoms with van der Waals surface area (Å²) in [5, 5.41) is 6.47. The number of nitrogens with zero attached hydrogens (tertiary/aromatic N) is 1. The second-order valence-corrected chi connectivity index (χ2v) is 6.38. The molecule has 0 saturated heterocycles. The van der Waals surface area contributed by atoms with E-state index in [1.165, 1.54) is 18.1 Å². The van der Waals surface area contributed by atoms with E-state index in [0.717, 1.165) is 18.7 Å². The largest absolute Gasteiger partial charge is 0.356 e. The van der Waals surface area contributed by atoms with Crippen molar-refractivity contribution in [2.75, 3.05) is 20.1 Å². The van der Waals surface area contributed by atoms with Gasteiger partial charge in [0, 0.05) is 20.1 Å². The first-order valence-corrected chi connectivity index (χ1v) is 8.60. The van der Waals surface area contributed by atoms with Gasteiger partial charge in [-0.2, -0.15) is 0 Å². The maximum atomic E-state index is 13.6. The Bertz CT molecular complexity index is 731. The maximum Gasteiger partial charge on any atom is 0.190 e. The molecule has 3 rings (SSSR count). The average Bonchev–Trinajstić information content (AvgIpc) is 3.41. The summed E-state index contributed by atoms with van der Waals surface area (Å²) in [6, 6.07) is 14.1. The van der Waals surface area contributed by atoms with Crippen LogP contribution >= 0.6 is 0 Å². The first-order valence-electron chi connectivity index (χ1n) is 8.60. The van der Waals surface area contributed by atoms with Gasteiger partial charge in [-0.3, -0.25) is 4.99 Å². The molecule has 1 aliphatic rings. The average molecular weight is 343 g/mol. The molecule has 0 radical (unpaired) electrons. The van der Waals surface area contributed by atoms with Crippen molar-refractivity contribution in [2.24, 2.45) is 10.9 Å². The van der Waals surface area contributed by atoms with E-state index in [1.807, 2.05) is 6.07 Å². The molecular formula is C20H23F2N3. The summed E-state index contributed by atoms with van der Waals surface area (Å²) in [5.74, 6) is 1.12. The monoisotopic (exact) mass is 343 g/mol.